The van der Waals surface area contributed by atoms with Crippen LogP contribution in [0.15, 0.2) is 78.9 Å². The Labute approximate surface area is 371 Å². The molecule has 0 radical (unpaired) electrons. The fraction of sp³-hybridized carbons (Fsp3) is 0.364. The number of alkyl carbamates (subject to hydrolysis) is 2. The van der Waals surface area contributed by atoms with Gasteiger partial charge in [-0.2, -0.15) is 0 Å². The molecule has 0 saturated carbocycles. The third kappa shape index (κ3) is 13.6. The van der Waals surface area contributed by atoms with Crippen LogP contribution in [0.1, 0.15) is 89.7 Å². The van der Waals surface area contributed by atoms with Crippen LogP contribution in [-0.2, 0) is 22.3 Å². The summed E-state index contributed by atoms with van der Waals surface area (Å²) in [7, 11) is 0. The lowest BCUT2D eigenvalue weighted by atomic mass is 9.98. The molecule has 0 saturated heterocycles. The summed E-state index contributed by atoms with van der Waals surface area (Å²) >= 11 is 28.9. The molecule has 0 spiro atoms. The van der Waals surface area contributed by atoms with E-state index in [1.807, 2.05) is 122 Å². The molecule has 0 aromatic heterocycles. The number of fused-ring (bicyclic) bond motifs is 2. The SMILES string of the molecule is CC1Oc2ccc(C(Cc3ccc(Cl)c(Cl)c3)NC(=O)OC(C)(C)C)cc2NC1=S.CC1Oc2ccc(C(Cc3ccc(Cl)cc3)NC(=O)OC(C)(C)C)cc2NC1=S. The van der Waals surface area contributed by atoms with E-state index in [-0.39, 0.29) is 24.3 Å². The first-order chi connectivity index (χ1) is 27.6. The number of hydrogen-bond donors (Lipinski definition) is 4. The van der Waals surface area contributed by atoms with Gasteiger partial charge in [0.15, 0.2) is 0 Å². The van der Waals surface area contributed by atoms with Crippen LogP contribution >= 0.6 is 59.2 Å². The Hall–Kier alpha value is -4.33. The van der Waals surface area contributed by atoms with Gasteiger partial charge in [-0.15, -0.1) is 0 Å². The molecular weight excluding hydrogens is 851 g/mol. The summed E-state index contributed by atoms with van der Waals surface area (Å²) in [6, 6.07) is 23.8. The highest BCUT2D eigenvalue weighted by atomic mass is 35.5. The summed E-state index contributed by atoms with van der Waals surface area (Å²) < 4.78 is 22.6. The van der Waals surface area contributed by atoms with E-state index in [1.54, 1.807) is 12.1 Å². The molecule has 314 valence electrons. The molecule has 6 rings (SSSR count). The van der Waals surface area contributed by atoms with Gasteiger partial charge in [0.05, 0.1) is 33.5 Å². The minimum atomic E-state index is -0.605. The Morgan fingerprint density at radius 1 is 0.644 bits per heavy atom. The summed E-state index contributed by atoms with van der Waals surface area (Å²) in [5.41, 5.74) is 4.13. The van der Waals surface area contributed by atoms with E-state index >= 15 is 0 Å². The smallest absolute Gasteiger partial charge is 0.408 e. The van der Waals surface area contributed by atoms with Crippen molar-refractivity contribution >= 4 is 92.8 Å². The normalized spacial score (nSPS) is 16.8. The Bertz CT molecular complexity index is 2190. The van der Waals surface area contributed by atoms with E-state index < -0.39 is 23.4 Å². The molecule has 0 fully saturated rings. The minimum Gasteiger partial charge on any atom is -0.481 e. The van der Waals surface area contributed by atoms with Crippen molar-refractivity contribution in [3.63, 3.8) is 0 Å². The third-order valence-electron chi connectivity index (χ3n) is 8.83. The van der Waals surface area contributed by atoms with Crippen LogP contribution < -0.4 is 30.7 Å². The fourth-order valence-corrected chi connectivity index (χ4v) is 6.81. The van der Waals surface area contributed by atoms with E-state index in [1.165, 1.54) is 0 Å². The van der Waals surface area contributed by atoms with E-state index in [0.29, 0.717) is 43.6 Å². The van der Waals surface area contributed by atoms with Crippen LogP contribution in [0.2, 0.25) is 15.1 Å². The second-order valence-electron chi connectivity index (χ2n) is 16.2. The highest BCUT2D eigenvalue weighted by Gasteiger charge is 2.27. The number of benzene rings is 4. The van der Waals surface area contributed by atoms with Crippen LogP contribution in [0, 0.1) is 0 Å². The molecule has 0 aliphatic carbocycles. The van der Waals surface area contributed by atoms with Crippen molar-refractivity contribution in [2.75, 3.05) is 10.6 Å². The van der Waals surface area contributed by atoms with Crippen molar-refractivity contribution < 1.29 is 28.5 Å². The predicted octanol–water partition coefficient (Wildman–Crippen LogP) is 12.0. The first-order valence-corrected chi connectivity index (χ1v) is 21.0. The number of rotatable bonds is 8. The maximum Gasteiger partial charge on any atom is 0.408 e. The monoisotopic (exact) mass is 898 g/mol. The molecule has 0 bridgehead atoms. The number of thiocarbonyl (C=S) groups is 2. The zero-order valence-corrected chi connectivity index (χ0v) is 38.0. The number of halogens is 3. The van der Waals surface area contributed by atoms with Gasteiger partial charge in [-0.05, 0) is 139 Å². The van der Waals surface area contributed by atoms with Gasteiger partial charge in [0, 0.05) is 5.02 Å². The van der Waals surface area contributed by atoms with Crippen LogP contribution in [-0.4, -0.2) is 45.6 Å². The maximum atomic E-state index is 12.5. The molecule has 4 atom stereocenters. The standard InChI is InChI=1S/C22H24Cl2N2O3S.C22H25ClN2O3S/c1-12-20(30)25-18-11-14(6-8-19(18)28-12)17(26-21(27)29-22(2,3)4)10-13-5-7-15(23)16(24)9-13;1-13-20(29)24-18-12-15(7-10-19(18)27-13)17(25-21(26)28-22(2,3)4)11-14-5-8-16(23)9-6-14/h5-9,11-12,17H,10H2,1-4H3,(H,25,30)(H,26,27);5-10,12-13,17H,11H2,1-4H3,(H,24,29)(H,25,26). The Morgan fingerprint density at radius 3 is 1.49 bits per heavy atom. The predicted molar refractivity (Wildman–Crippen MR) is 245 cm³/mol. The van der Waals surface area contributed by atoms with Gasteiger partial charge in [-0.3, -0.25) is 0 Å². The van der Waals surface area contributed by atoms with Crippen molar-refractivity contribution in [3.8, 4) is 11.5 Å². The largest absolute Gasteiger partial charge is 0.481 e. The van der Waals surface area contributed by atoms with Crippen LogP contribution in [0.3, 0.4) is 0 Å². The number of carbonyl (C=O) groups excluding carboxylic acids is 2. The average Bonchev–Trinajstić information content (AvgIpc) is 3.13. The van der Waals surface area contributed by atoms with E-state index in [4.69, 9.17) is 78.2 Å². The molecule has 15 heteroatoms. The van der Waals surface area contributed by atoms with Crippen molar-refractivity contribution in [2.45, 2.75) is 104 Å². The zero-order valence-electron chi connectivity index (χ0n) is 34.1. The Kier molecular flexibility index (Phi) is 15.0. The first-order valence-electron chi connectivity index (χ1n) is 19.0. The molecular formula is C44H49Cl3N4O6S2. The summed E-state index contributed by atoms with van der Waals surface area (Å²) in [6.07, 6.45) is -0.257. The van der Waals surface area contributed by atoms with Crippen molar-refractivity contribution in [2.24, 2.45) is 0 Å². The van der Waals surface area contributed by atoms with Gasteiger partial charge in [-0.25, -0.2) is 9.59 Å². The summed E-state index contributed by atoms with van der Waals surface area (Å²) in [5, 5.41) is 14.0. The van der Waals surface area contributed by atoms with Gasteiger partial charge in [0.1, 0.15) is 44.9 Å². The molecule has 2 aliphatic heterocycles. The number of anilines is 2. The molecule has 2 heterocycles. The molecule has 59 heavy (non-hydrogen) atoms. The fourth-order valence-electron chi connectivity index (χ4n) is 6.05. The summed E-state index contributed by atoms with van der Waals surface area (Å²) in [5.74, 6) is 1.45. The number of carbonyl (C=O) groups is 2. The second kappa shape index (κ2) is 19.4. The molecule has 10 nitrogen and oxygen atoms in total. The van der Waals surface area contributed by atoms with E-state index in [0.717, 1.165) is 39.4 Å². The maximum absolute atomic E-state index is 12.5. The molecule has 2 amide bonds. The molecule has 2 aliphatic rings. The Morgan fingerprint density at radius 2 is 1.07 bits per heavy atom. The van der Waals surface area contributed by atoms with Gasteiger partial charge in [0.25, 0.3) is 0 Å². The lowest BCUT2D eigenvalue weighted by Crippen LogP contribution is -2.36. The van der Waals surface area contributed by atoms with Crippen LogP contribution in [0.5, 0.6) is 11.5 Å². The van der Waals surface area contributed by atoms with Crippen LogP contribution in [0.4, 0.5) is 21.0 Å². The summed E-state index contributed by atoms with van der Waals surface area (Å²) in [4.78, 5) is 26.2. The van der Waals surface area contributed by atoms with Gasteiger partial charge in [-0.1, -0.05) is 89.6 Å². The van der Waals surface area contributed by atoms with E-state index in [9.17, 15) is 9.59 Å². The minimum absolute atomic E-state index is 0.173. The van der Waals surface area contributed by atoms with Crippen molar-refractivity contribution in [3.05, 3.63) is 116 Å². The lowest BCUT2D eigenvalue weighted by Gasteiger charge is -2.28. The van der Waals surface area contributed by atoms with Gasteiger partial charge < -0.3 is 40.2 Å². The quantitative estimate of drug-likeness (QED) is 0.127. The van der Waals surface area contributed by atoms with Crippen molar-refractivity contribution in [1.82, 2.24) is 10.6 Å². The number of amides is 2. The second-order valence-corrected chi connectivity index (χ2v) is 18.3. The molecule has 4 aromatic carbocycles. The number of ether oxygens (including phenoxy) is 4. The highest BCUT2D eigenvalue weighted by Crippen LogP contribution is 2.36. The molecule has 4 aromatic rings. The lowest BCUT2D eigenvalue weighted by molar-refractivity contribution is 0.0491. The third-order valence-corrected chi connectivity index (χ3v) is 10.7. The number of nitrogens with one attached hydrogen (secondary N) is 4. The topological polar surface area (TPSA) is 119 Å². The van der Waals surface area contributed by atoms with Crippen molar-refractivity contribution in [1.29, 1.82) is 0 Å². The number of hydrogen-bond acceptors (Lipinski definition) is 8. The first kappa shape index (κ1) is 45.7. The summed E-state index contributed by atoms with van der Waals surface area (Å²) in [6.45, 7) is 14.8. The zero-order chi connectivity index (χ0) is 43.2. The van der Waals surface area contributed by atoms with Gasteiger partial charge >= 0.3 is 12.2 Å². The Balaban J connectivity index is 0.000000224. The molecule has 4 N–H and O–H groups in total. The highest BCUT2D eigenvalue weighted by molar-refractivity contribution is 7.81. The average molecular weight is 900 g/mol. The van der Waals surface area contributed by atoms with E-state index in [2.05, 4.69) is 21.3 Å². The molecule has 4 unspecified atom stereocenters. The van der Waals surface area contributed by atoms with Gasteiger partial charge in [0.2, 0.25) is 0 Å². The van der Waals surface area contributed by atoms with Crippen LogP contribution in [0.25, 0.3) is 0 Å².